The Balaban J connectivity index is 2.56. The number of Topliss-reactive ketones (excluding diaryl/α,β-unsaturated/α-hetero) is 1. The number of carbonyl (C=O) groups excluding carboxylic acids is 2. The molecule has 1 amide bonds. The fourth-order valence-corrected chi connectivity index (χ4v) is 1.87. The van der Waals surface area contributed by atoms with Crippen molar-refractivity contribution in [1.29, 1.82) is 0 Å². The van der Waals surface area contributed by atoms with E-state index in [2.05, 4.69) is 0 Å². The van der Waals surface area contributed by atoms with Gasteiger partial charge in [-0.25, -0.2) is 0 Å². The molecule has 0 radical (unpaired) electrons. The highest BCUT2D eigenvalue weighted by Crippen LogP contribution is 2.18. The molecule has 1 heterocycles. The van der Waals surface area contributed by atoms with Crippen molar-refractivity contribution in [2.24, 2.45) is 11.8 Å². The Bertz CT molecular complexity index is 235. The van der Waals surface area contributed by atoms with Crippen LogP contribution in [-0.2, 0) is 9.59 Å². The Morgan fingerprint density at radius 1 is 1.36 bits per heavy atom. The van der Waals surface area contributed by atoms with Gasteiger partial charge in [-0.15, -0.1) is 0 Å². The van der Waals surface area contributed by atoms with Crippen LogP contribution < -0.4 is 0 Å². The van der Waals surface area contributed by atoms with Gasteiger partial charge in [0.2, 0.25) is 5.91 Å². The summed E-state index contributed by atoms with van der Waals surface area (Å²) in [6, 6.07) is 0. The number of piperidine rings is 1. The first-order chi connectivity index (χ1) is 6.52. The van der Waals surface area contributed by atoms with Crippen LogP contribution in [-0.4, -0.2) is 29.7 Å². The molecule has 1 aliphatic heterocycles. The third-order valence-electron chi connectivity index (χ3n) is 2.80. The van der Waals surface area contributed by atoms with Gasteiger partial charge < -0.3 is 4.90 Å². The first-order valence-electron chi connectivity index (χ1n) is 5.31. The molecule has 0 aromatic heterocycles. The fraction of sp³-hybridized carbons (Fsp3) is 0.818. The lowest BCUT2D eigenvalue weighted by molar-refractivity contribution is -0.137. The molecule has 1 saturated heterocycles. The largest absolute Gasteiger partial charge is 0.342 e. The van der Waals surface area contributed by atoms with E-state index < -0.39 is 0 Å². The van der Waals surface area contributed by atoms with Crippen LogP contribution in [0.1, 0.15) is 33.6 Å². The molecule has 0 N–H and O–H groups in total. The Morgan fingerprint density at radius 3 is 2.50 bits per heavy atom. The Hall–Kier alpha value is -0.860. The number of nitrogens with zero attached hydrogens (tertiary/aromatic N) is 1. The minimum absolute atomic E-state index is 0.0423. The summed E-state index contributed by atoms with van der Waals surface area (Å²) in [6.45, 7) is 6.88. The van der Waals surface area contributed by atoms with E-state index in [-0.39, 0.29) is 23.5 Å². The highest BCUT2D eigenvalue weighted by molar-refractivity contribution is 5.81. The third-order valence-corrected chi connectivity index (χ3v) is 2.80. The van der Waals surface area contributed by atoms with Gasteiger partial charge in [0.15, 0.2) is 0 Å². The maximum Gasteiger partial charge on any atom is 0.225 e. The average Bonchev–Trinajstić information content (AvgIpc) is 2.16. The van der Waals surface area contributed by atoms with Gasteiger partial charge in [-0.3, -0.25) is 9.59 Å². The second-order valence-corrected chi connectivity index (χ2v) is 4.39. The van der Waals surface area contributed by atoms with Gasteiger partial charge in [-0.2, -0.15) is 0 Å². The molecule has 1 atom stereocenters. The minimum atomic E-state index is 0.0423. The summed E-state index contributed by atoms with van der Waals surface area (Å²) < 4.78 is 0. The zero-order valence-electron chi connectivity index (χ0n) is 9.25. The normalized spacial score (nSPS) is 22.6. The Kier molecular flexibility index (Phi) is 3.67. The van der Waals surface area contributed by atoms with Gasteiger partial charge in [0.05, 0.1) is 0 Å². The molecule has 0 saturated carbocycles. The van der Waals surface area contributed by atoms with Crippen molar-refractivity contribution in [3.8, 4) is 0 Å². The lowest BCUT2D eigenvalue weighted by Crippen LogP contribution is -2.43. The lowest BCUT2D eigenvalue weighted by Gasteiger charge is -2.32. The number of ketones is 1. The zero-order chi connectivity index (χ0) is 10.7. The summed E-state index contributed by atoms with van der Waals surface area (Å²) in [6.07, 6.45) is 1.90. The molecule has 3 heteroatoms. The van der Waals surface area contributed by atoms with E-state index in [0.717, 1.165) is 19.4 Å². The molecule has 80 valence electrons. The van der Waals surface area contributed by atoms with Crippen molar-refractivity contribution in [1.82, 2.24) is 4.90 Å². The van der Waals surface area contributed by atoms with Crippen molar-refractivity contribution in [3.63, 3.8) is 0 Å². The van der Waals surface area contributed by atoms with Crippen molar-refractivity contribution in [2.45, 2.75) is 33.6 Å². The molecule has 0 aliphatic carbocycles. The summed E-state index contributed by atoms with van der Waals surface area (Å²) in [5, 5.41) is 0. The molecule has 1 unspecified atom stereocenters. The molecule has 0 spiro atoms. The van der Waals surface area contributed by atoms with Crippen molar-refractivity contribution in [2.75, 3.05) is 13.1 Å². The second-order valence-electron chi connectivity index (χ2n) is 4.39. The van der Waals surface area contributed by atoms with E-state index in [1.807, 2.05) is 18.7 Å². The predicted molar refractivity (Wildman–Crippen MR) is 54.8 cm³/mol. The van der Waals surface area contributed by atoms with Gasteiger partial charge in [-0.1, -0.05) is 13.8 Å². The first kappa shape index (κ1) is 11.2. The van der Waals surface area contributed by atoms with Crippen molar-refractivity contribution < 1.29 is 9.59 Å². The number of hydrogen-bond donors (Lipinski definition) is 0. The number of rotatable bonds is 2. The van der Waals surface area contributed by atoms with E-state index >= 15 is 0 Å². The van der Waals surface area contributed by atoms with Gasteiger partial charge in [-0.05, 0) is 19.8 Å². The number of amides is 1. The van der Waals surface area contributed by atoms with Gasteiger partial charge >= 0.3 is 0 Å². The number of hydrogen-bond acceptors (Lipinski definition) is 2. The highest BCUT2D eigenvalue weighted by Gasteiger charge is 2.27. The van der Waals surface area contributed by atoms with E-state index in [1.54, 1.807) is 6.92 Å². The fourth-order valence-electron chi connectivity index (χ4n) is 1.87. The standard InChI is InChI=1S/C11H19NO2/c1-8(2)11(14)12-6-4-5-10(7-12)9(3)13/h8,10H,4-7H2,1-3H3. The summed E-state index contributed by atoms with van der Waals surface area (Å²) in [7, 11) is 0. The lowest BCUT2D eigenvalue weighted by atomic mass is 9.94. The third kappa shape index (κ3) is 2.56. The summed E-state index contributed by atoms with van der Waals surface area (Å²) in [4.78, 5) is 24.7. The summed E-state index contributed by atoms with van der Waals surface area (Å²) in [5.41, 5.74) is 0. The van der Waals surface area contributed by atoms with Gasteiger partial charge in [0.1, 0.15) is 5.78 Å². The van der Waals surface area contributed by atoms with Crippen LogP contribution in [0.5, 0.6) is 0 Å². The Morgan fingerprint density at radius 2 is 2.00 bits per heavy atom. The van der Waals surface area contributed by atoms with Crippen LogP contribution in [0.2, 0.25) is 0 Å². The topological polar surface area (TPSA) is 37.4 Å². The van der Waals surface area contributed by atoms with Crippen LogP contribution in [0.15, 0.2) is 0 Å². The summed E-state index contributed by atoms with van der Waals surface area (Å²) >= 11 is 0. The summed E-state index contributed by atoms with van der Waals surface area (Å²) in [5.74, 6) is 0.509. The molecule has 1 rings (SSSR count). The second kappa shape index (κ2) is 4.58. The van der Waals surface area contributed by atoms with Gasteiger partial charge in [0, 0.05) is 24.9 Å². The Labute approximate surface area is 85.5 Å². The van der Waals surface area contributed by atoms with E-state index in [1.165, 1.54) is 0 Å². The van der Waals surface area contributed by atoms with Crippen LogP contribution in [0.4, 0.5) is 0 Å². The quantitative estimate of drug-likeness (QED) is 0.672. The van der Waals surface area contributed by atoms with E-state index in [4.69, 9.17) is 0 Å². The van der Waals surface area contributed by atoms with Crippen molar-refractivity contribution in [3.05, 3.63) is 0 Å². The minimum Gasteiger partial charge on any atom is -0.342 e. The molecule has 0 aromatic carbocycles. The van der Waals surface area contributed by atoms with Gasteiger partial charge in [0.25, 0.3) is 0 Å². The monoisotopic (exact) mass is 197 g/mol. The highest BCUT2D eigenvalue weighted by atomic mass is 16.2. The average molecular weight is 197 g/mol. The number of likely N-dealkylation sites (tertiary alicyclic amines) is 1. The van der Waals surface area contributed by atoms with Crippen molar-refractivity contribution >= 4 is 11.7 Å². The maximum absolute atomic E-state index is 11.7. The van der Waals surface area contributed by atoms with Crippen LogP contribution in [0.25, 0.3) is 0 Å². The SMILES string of the molecule is CC(=O)C1CCCN(C(=O)C(C)C)C1. The zero-order valence-corrected chi connectivity index (χ0v) is 9.25. The molecular formula is C11H19NO2. The molecule has 1 fully saturated rings. The number of carbonyl (C=O) groups is 2. The smallest absolute Gasteiger partial charge is 0.225 e. The maximum atomic E-state index is 11.7. The van der Waals surface area contributed by atoms with Crippen LogP contribution in [0.3, 0.4) is 0 Å². The first-order valence-corrected chi connectivity index (χ1v) is 5.31. The predicted octanol–water partition coefficient (Wildman–Crippen LogP) is 1.47. The molecule has 0 aromatic rings. The molecule has 14 heavy (non-hydrogen) atoms. The van der Waals surface area contributed by atoms with E-state index in [0.29, 0.717) is 6.54 Å². The van der Waals surface area contributed by atoms with Crippen LogP contribution >= 0.6 is 0 Å². The molecule has 0 bridgehead atoms. The van der Waals surface area contributed by atoms with Crippen LogP contribution in [0, 0.1) is 11.8 Å². The molecular weight excluding hydrogens is 178 g/mol. The molecule has 3 nitrogen and oxygen atoms in total. The van der Waals surface area contributed by atoms with E-state index in [9.17, 15) is 9.59 Å². The molecule has 1 aliphatic rings.